The van der Waals surface area contributed by atoms with Gasteiger partial charge in [-0.2, -0.15) is 0 Å². The van der Waals surface area contributed by atoms with Gasteiger partial charge in [-0.05, 0) is 85.1 Å². The molecule has 3 fully saturated rings. The van der Waals surface area contributed by atoms with Gasteiger partial charge in [0.15, 0.2) is 5.76 Å². The molecule has 1 aliphatic heterocycles. The number of halogens is 1. The second-order valence-electron chi connectivity index (χ2n) is 12.5. The average molecular weight is 567 g/mol. The van der Waals surface area contributed by atoms with Gasteiger partial charge in [0.2, 0.25) is 5.91 Å². The van der Waals surface area contributed by atoms with Crippen molar-refractivity contribution in [2.24, 2.45) is 5.73 Å². The van der Waals surface area contributed by atoms with E-state index < -0.39 is 32.6 Å². The molecule has 7 nitrogen and oxygen atoms in total. The van der Waals surface area contributed by atoms with Crippen molar-refractivity contribution < 1.29 is 18.4 Å². The Balaban J connectivity index is 1.19. The van der Waals surface area contributed by atoms with Crippen molar-refractivity contribution in [2.75, 3.05) is 17.8 Å². The molecule has 2 aliphatic carbocycles. The molecule has 0 bridgehead atoms. The first kappa shape index (κ1) is 27.1. The van der Waals surface area contributed by atoms with E-state index in [2.05, 4.69) is 10.6 Å². The maximum Gasteiger partial charge on any atom is 0.287 e. The largest absolute Gasteiger partial charge is 0.451 e. The Labute approximate surface area is 235 Å². The van der Waals surface area contributed by atoms with Crippen LogP contribution in [0.4, 0.5) is 4.39 Å². The van der Waals surface area contributed by atoms with Crippen LogP contribution in [-0.4, -0.2) is 40.8 Å². The lowest BCUT2D eigenvalue weighted by Gasteiger charge is -2.37. The number of thiol groups is 1. The first-order valence-electron chi connectivity index (χ1n) is 14.4. The summed E-state index contributed by atoms with van der Waals surface area (Å²) < 4.78 is 30.0. The maximum absolute atomic E-state index is 15.6. The second-order valence-corrected chi connectivity index (χ2v) is 16.1. The summed E-state index contributed by atoms with van der Waals surface area (Å²) in [5.74, 6) is 0.871. The molecule has 2 heterocycles. The first-order valence-corrected chi connectivity index (χ1v) is 17.0. The Kier molecular flexibility index (Phi) is 6.65. The Hall–Kier alpha value is -3.04. The number of furan rings is 1. The summed E-state index contributed by atoms with van der Waals surface area (Å²) in [6.07, 6.45) is 8.23. The minimum absolute atomic E-state index is 0.162. The molecule has 40 heavy (non-hydrogen) atoms. The highest BCUT2D eigenvalue weighted by atomic mass is 32.2. The van der Waals surface area contributed by atoms with E-state index in [1.807, 2.05) is 48.7 Å². The number of hydrogen-bond acceptors (Lipinski definition) is 5. The number of rotatable bonds is 6. The van der Waals surface area contributed by atoms with Crippen LogP contribution in [0.5, 0.6) is 0 Å². The van der Waals surface area contributed by atoms with Crippen molar-refractivity contribution in [1.29, 1.82) is 4.78 Å². The van der Waals surface area contributed by atoms with Gasteiger partial charge in [0.05, 0.1) is 5.66 Å². The molecule has 2 aromatic carbocycles. The van der Waals surface area contributed by atoms with Gasteiger partial charge in [0.1, 0.15) is 16.8 Å². The summed E-state index contributed by atoms with van der Waals surface area (Å²) in [4.78, 5) is 26.5. The normalized spacial score (nSPS) is 25.6. The molecule has 1 saturated heterocycles. The number of fused-ring (bicyclic) bond motifs is 1. The van der Waals surface area contributed by atoms with E-state index in [0.717, 1.165) is 48.6 Å². The van der Waals surface area contributed by atoms with Gasteiger partial charge in [-0.25, -0.2) is 14.2 Å². The molecule has 2 amide bonds. The molecule has 5 N–H and O–H groups in total. The molecule has 3 aromatic rings. The van der Waals surface area contributed by atoms with Gasteiger partial charge >= 0.3 is 0 Å². The van der Waals surface area contributed by atoms with Crippen molar-refractivity contribution in [3.63, 3.8) is 0 Å². The Morgan fingerprint density at radius 3 is 2.20 bits per heavy atom. The minimum Gasteiger partial charge on any atom is -0.451 e. The third kappa shape index (κ3) is 5.33. The van der Waals surface area contributed by atoms with E-state index in [1.54, 1.807) is 6.07 Å². The van der Waals surface area contributed by atoms with Crippen molar-refractivity contribution in [3.8, 4) is 11.1 Å². The van der Waals surface area contributed by atoms with Crippen molar-refractivity contribution in [2.45, 2.75) is 74.7 Å². The zero-order chi connectivity index (χ0) is 28.2. The number of alkyl halides is 1. The Morgan fingerprint density at radius 2 is 1.55 bits per heavy atom. The van der Waals surface area contributed by atoms with Gasteiger partial charge in [-0.3, -0.25) is 9.59 Å². The van der Waals surface area contributed by atoms with Gasteiger partial charge in [0.25, 0.3) is 5.91 Å². The summed E-state index contributed by atoms with van der Waals surface area (Å²) in [6.45, 7) is 0. The fraction of sp³-hybridized carbons (Fsp3) is 0.484. The third-order valence-electron chi connectivity index (χ3n) is 9.13. The molecule has 1 aromatic heterocycles. The van der Waals surface area contributed by atoms with Crippen molar-refractivity contribution >= 4 is 32.6 Å². The monoisotopic (exact) mass is 566 g/mol. The number of hydrogen-bond donors (Lipinski definition) is 5. The summed E-state index contributed by atoms with van der Waals surface area (Å²) in [5.41, 5.74) is 6.24. The third-order valence-corrected chi connectivity index (χ3v) is 11.5. The van der Waals surface area contributed by atoms with Gasteiger partial charge in [-0.15, -0.1) is 0 Å². The number of benzene rings is 2. The van der Waals surface area contributed by atoms with E-state index in [0.29, 0.717) is 48.3 Å². The Morgan fingerprint density at radius 1 is 0.900 bits per heavy atom. The molecule has 3 aliphatic rings. The van der Waals surface area contributed by atoms with Crippen LogP contribution in [-0.2, 0) is 20.3 Å². The molecule has 0 spiro atoms. The zero-order valence-corrected chi connectivity index (χ0v) is 23.9. The minimum atomic E-state index is -1.70. The van der Waals surface area contributed by atoms with Crippen molar-refractivity contribution in [1.82, 2.24) is 10.6 Å². The lowest BCUT2D eigenvalue weighted by atomic mass is 9.80. The van der Waals surface area contributed by atoms with Crippen LogP contribution in [0.15, 0.2) is 52.9 Å². The van der Waals surface area contributed by atoms with E-state index in [-0.39, 0.29) is 11.7 Å². The predicted molar refractivity (Wildman–Crippen MR) is 158 cm³/mol. The van der Waals surface area contributed by atoms with E-state index in [9.17, 15) is 9.59 Å². The number of nitrogens with two attached hydrogens (primary N) is 1. The smallest absolute Gasteiger partial charge is 0.287 e. The molecule has 9 heteroatoms. The Bertz CT molecular complexity index is 1490. The lowest BCUT2D eigenvalue weighted by molar-refractivity contribution is -0.129. The summed E-state index contributed by atoms with van der Waals surface area (Å²) >= 11 is 0. The number of carbonyl (C=O) groups excluding carboxylic acids is 2. The highest BCUT2D eigenvalue weighted by Gasteiger charge is 2.47. The molecule has 0 radical (unpaired) electrons. The highest BCUT2D eigenvalue weighted by molar-refractivity contribution is 8.03. The van der Waals surface area contributed by atoms with Crippen LogP contribution in [0.25, 0.3) is 22.1 Å². The van der Waals surface area contributed by atoms with Crippen LogP contribution < -0.4 is 16.4 Å². The average Bonchev–Trinajstić information content (AvgIpc) is 3.50. The van der Waals surface area contributed by atoms with E-state index in [4.69, 9.17) is 14.9 Å². The van der Waals surface area contributed by atoms with Gasteiger partial charge in [0, 0.05) is 5.39 Å². The predicted octanol–water partition coefficient (Wildman–Crippen LogP) is 5.33. The van der Waals surface area contributed by atoms with Gasteiger partial charge < -0.3 is 25.6 Å². The second kappa shape index (κ2) is 9.80. The summed E-state index contributed by atoms with van der Waals surface area (Å²) in [5, 5.41) is 6.74. The van der Waals surface area contributed by atoms with E-state index >= 15 is 4.39 Å². The standard InChI is InChI=1S/C31H39FN4O3S/c1-40(34)17-15-29(32,16-18-40)24-9-7-21(8-10-24)22-5-6-23-20-26(39-25(23)19-22)27(37)35-30(11-3-2-4-12-30)28(38)36-31(33)13-14-31/h5-10,19-20,34,40H,2-4,11-18,33H2,1H3,(H,35,37)(H,36,38). The SMILES string of the molecule is C[SH]1(=N)CCC(F)(c2ccc(-c3ccc4cc(C(=O)NC5(C(=O)NC6(N)CC6)CCCCC5)oc4c3)cc2)CC1. The van der Waals surface area contributed by atoms with Crippen LogP contribution >= 0.6 is 0 Å². The molecule has 0 atom stereocenters. The first-order chi connectivity index (χ1) is 19.0. The number of nitrogens with one attached hydrogen (secondary N) is 3. The molecule has 214 valence electrons. The molecule has 2 saturated carbocycles. The van der Waals surface area contributed by atoms with E-state index in [1.165, 1.54) is 0 Å². The summed E-state index contributed by atoms with van der Waals surface area (Å²) in [6, 6.07) is 15.0. The van der Waals surface area contributed by atoms with Crippen molar-refractivity contribution in [3.05, 3.63) is 59.9 Å². The molecular weight excluding hydrogens is 527 g/mol. The van der Waals surface area contributed by atoms with Crippen LogP contribution in [0, 0.1) is 4.78 Å². The number of amides is 2. The lowest BCUT2D eigenvalue weighted by Crippen LogP contribution is -2.62. The van der Waals surface area contributed by atoms with Crippen LogP contribution in [0.1, 0.15) is 73.9 Å². The topological polar surface area (TPSA) is 121 Å². The molecular formula is C31H39FN4O3S. The number of carbonyl (C=O) groups is 2. The van der Waals surface area contributed by atoms with Crippen LogP contribution in [0.3, 0.4) is 0 Å². The molecule has 6 rings (SSSR count). The van der Waals surface area contributed by atoms with Gasteiger partial charge in [-0.1, -0.05) is 55.7 Å². The highest BCUT2D eigenvalue weighted by Crippen LogP contribution is 2.40. The zero-order valence-electron chi connectivity index (χ0n) is 23.0. The molecule has 0 unspecified atom stereocenters. The maximum atomic E-state index is 15.6. The fourth-order valence-electron chi connectivity index (χ4n) is 6.11. The van der Waals surface area contributed by atoms with Crippen LogP contribution in [0.2, 0.25) is 0 Å². The summed E-state index contributed by atoms with van der Waals surface area (Å²) in [7, 11) is -1.70. The fourth-order valence-corrected chi connectivity index (χ4v) is 8.03. The quantitative estimate of drug-likeness (QED) is 0.204.